The molecule has 1 aromatic heterocycles. The number of aliphatic imine (C=N–C) groups is 1. The third-order valence-corrected chi connectivity index (χ3v) is 11.3. The van der Waals surface area contributed by atoms with Gasteiger partial charge in [-0.2, -0.15) is 0 Å². The van der Waals surface area contributed by atoms with Crippen molar-refractivity contribution in [3.05, 3.63) is 54.1 Å². The zero-order valence-corrected chi connectivity index (χ0v) is 41.6. The summed E-state index contributed by atoms with van der Waals surface area (Å²) in [5.74, 6) is -12.1. The number of carbonyl (C=O) groups is 10. The van der Waals surface area contributed by atoms with E-state index >= 15 is 0 Å². The van der Waals surface area contributed by atoms with Crippen LogP contribution in [0.25, 0.3) is 0 Å². The number of H-pyrrole nitrogens is 1. The maximum absolute atomic E-state index is 14.4. The van der Waals surface area contributed by atoms with Crippen LogP contribution in [0.1, 0.15) is 89.8 Å². The number of aliphatic carboxylic acids is 3. The molecule has 28 heteroatoms. The quantitative estimate of drug-likeness (QED) is 0.0177. The van der Waals surface area contributed by atoms with Crippen LogP contribution >= 0.6 is 0 Å². The molecular formula is C46H72N14O14. The number of hydrogen-bond donors (Lipinski definition) is 16. The van der Waals surface area contributed by atoms with Crippen molar-refractivity contribution >= 4 is 65.2 Å². The number of aromatic amines is 1. The van der Waals surface area contributed by atoms with Gasteiger partial charge in [0.05, 0.1) is 18.5 Å². The number of carbonyl (C=O) groups excluding carboxylic acids is 7. The molecular weight excluding hydrogens is 973 g/mol. The second-order valence-corrected chi connectivity index (χ2v) is 17.8. The molecule has 0 saturated carbocycles. The Morgan fingerprint density at radius 3 is 1.58 bits per heavy atom. The van der Waals surface area contributed by atoms with Crippen molar-refractivity contribution in [1.29, 1.82) is 0 Å². The fourth-order valence-electron chi connectivity index (χ4n) is 7.15. The first-order valence-electron chi connectivity index (χ1n) is 23.9. The number of nitrogens with two attached hydrogens (primary N) is 4. The number of aliphatic hydroxyl groups is 1. The van der Waals surface area contributed by atoms with Gasteiger partial charge in [-0.3, -0.25) is 48.1 Å². The lowest BCUT2D eigenvalue weighted by Gasteiger charge is -2.28. The van der Waals surface area contributed by atoms with Crippen LogP contribution in [-0.4, -0.2) is 163 Å². The molecule has 7 amide bonds. The second kappa shape index (κ2) is 32.4. The minimum atomic E-state index is -1.93. The third kappa shape index (κ3) is 23.2. The zero-order chi connectivity index (χ0) is 55.5. The summed E-state index contributed by atoms with van der Waals surface area (Å²) in [6, 6.07) is -3.68. The van der Waals surface area contributed by atoms with Gasteiger partial charge < -0.3 is 85.6 Å². The molecule has 0 spiro atoms. The smallest absolute Gasteiger partial charge is 0.326 e. The van der Waals surface area contributed by atoms with Crippen molar-refractivity contribution in [2.45, 2.75) is 146 Å². The van der Waals surface area contributed by atoms with Crippen LogP contribution in [0.15, 0.2) is 47.8 Å². The van der Waals surface area contributed by atoms with Crippen molar-refractivity contribution < 1.29 is 68.4 Å². The van der Waals surface area contributed by atoms with Crippen LogP contribution < -0.4 is 60.2 Å². The van der Waals surface area contributed by atoms with E-state index in [1.165, 1.54) is 26.4 Å². The summed E-state index contributed by atoms with van der Waals surface area (Å²) in [6.07, 6.45) is -0.509. The molecule has 2 aromatic rings. The summed E-state index contributed by atoms with van der Waals surface area (Å²) >= 11 is 0. The molecule has 2 rings (SSSR count). The minimum absolute atomic E-state index is 0.0348. The second-order valence-electron chi connectivity index (χ2n) is 17.8. The molecule has 28 nitrogen and oxygen atoms in total. The highest BCUT2D eigenvalue weighted by molar-refractivity contribution is 5.98. The number of carboxylic acid groups (broad SMARTS) is 3. The number of guanidine groups is 1. The molecule has 410 valence electrons. The number of rotatable bonds is 35. The maximum atomic E-state index is 14.4. The molecule has 0 aliphatic rings. The predicted octanol–water partition coefficient (Wildman–Crippen LogP) is -4.05. The molecule has 9 atom stereocenters. The van der Waals surface area contributed by atoms with E-state index < -0.39 is 145 Å². The van der Waals surface area contributed by atoms with Gasteiger partial charge >= 0.3 is 17.9 Å². The highest BCUT2D eigenvalue weighted by Crippen LogP contribution is 2.11. The van der Waals surface area contributed by atoms with Gasteiger partial charge in [-0.15, -0.1) is 0 Å². The Morgan fingerprint density at radius 1 is 0.608 bits per heavy atom. The van der Waals surface area contributed by atoms with E-state index in [-0.39, 0.29) is 44.6 Å². The average molecular weight is 1050 g/mol. The Morgan fingerprint density at radius 2 is 1.09 bits per heavy atom. The lowest BCUT2D eigenvalue weighted by molar-refractivity contribution is -0.144. The van der Waals surface area contributed by atoms with Crippen LogP contribution in [-0.2, 0) is 60.8 Å². The summed E-state index contributed by atoms with van der Waals surface area (Å²) in [6.45, 7) is 4.38. The van der Waals surface area contributed by atoms with Crippen molar-refractivity contribution in [2.24, 2.45) is 33.8 Å². The molecule has 0 radical (unpaired) electrons. The first-order chi connectivity index (χ1) is 34.9. The summed E-state index contributed by atoms with van der Waals surface area (Å²) < 4.78 is 0. The number of aliphatic hydroxyl groups excluding tert-OH is 1. The van der Waals surface area contributed by atoms with Crippen molar-refractivity contribution in [2.75, 3.05) is 13.1 Å². The number of hydrogen-bond acceptors (Lipinski definition) is 15. The van der Waals surface area contributed by atoms with Gasteiger partial charge in [0.15, 0.2) is 5.96 Å². The van der Waals surface area contributed by atoms with Gasteiger partial charge in [0.1, 0.15) is 42.3 Å². The number of unbranched alkanes of at least 4 members (excludes halogenated alkanes) is 1. The highest BCUT2D eigenvalue weighted by Gasteiger charge is 2.36. The lowest BCUT2D eigenvalue weighted by Crippen LogP contribution is -2.62. The largest absolute Gasteiger partial charge is 0.481 e. The fraction of sp³-hybridized carbons (Fsp3) is 0.565. The van der Waals surface area contributed by atoms with Crippen molar-refractivity contribution in [3.8, 4) is 0 Å². The number of amides is 7. The van der Waals surface area contributed by atoms with Crippen LogP contribution in [0.5, 0.6) is 0 Å². The Labute approximate surface area is 426 Å². The molecule has 0 aliphatic carbocycles. The Balaban J connectivity index is 2.51. The molecule has 20 N–H and O–H groups in total. The van der Waals surface area contributed by atoms with E-state index in [4.69, 9.17) is 22.9 Å². The van der Waals surface area contributed by atoms with Crippen LogP contribution in [0.4, 0.5) is 0 Å². The zero-order valence-electron chi connectivity index (χ0n) is 41.6. The lowest BCUT2D eigenvalue weighted by atomic mass is 10.0. The number of imidazole rings is 1. The normalized spacial score (nSPS) is 14.7. The van der Waals surface area contributed by atoms with E-state index in [9.17, 15) is 68.4 Å². The standard InChI is InChI=1S/C46H72N14O14/c1-24(2)36(45(73)74)59-40(68)31(15-17-35(64)65)56-44(72)37(25(3)61)60-41(69)30(14-16-34(62)63)55-39(67)29(13-9-19-52-46(49)50)54-42(70)32(20-26-10-5-4-6-11-26)58-43(71)33(21-27-22-51-23-53-27)57-38(66)28(48)12-7-8-18-47/h4-6,10-11,22-25,28-33,36-37,61H,7-9,12-21,47-48H2,1-3H3,(H,51,53)(H,54,70)(H,55,67)(H,56,72)(H,57,66)(H,58,71)(H,59,68)(H,60,69)(H,62,63)(H,64,65)(H,73,74)(H4,49,50,52)/t25-,28+,29+,30+,31+,32+,33+,36+,37+/m1/s1. The van der Waals surface area contributed by atoms with Gasteiger partial charge in [-0.25, -0.2) is 9.78 Å². The topological polar surface area (TPSA) is 481 Å². The maximum Gasteiger partial charge on any atom is 0.326 e. The predicted molar refractivity (Wildman–Crippen MR) is 265 cm³/mol. The third-order valence-electron chi connectivity index (χ3n) is 11.3. The van der Waals surface area contributed by atoms with Crippen LogP contribution in [0, 0.1) is 5.92 Å². The van der Waals surface area contributed by atoms with Gasteiger partial charge in [0.2, 0.25) is 41.4 Å². The Hall–Kier alpha value is -7.72. The van der Waals surface area contributed by atoms with E-state index in [0.717, 1.165) is 6.92 Å². The molecule has 74 heavy (non-hydrogen) atoms. The number of benzene rings is 1. The van der Waals surface area contributed by atoms with E-state index in [0.29, 0.717) is 30.6 Å². The number of carboxylic acids is 3. The number of nitrogens with one attached hydrogen (secondary N) is 8. The molecule has 0 unspecified atom stereocenters. The average Bonchev–Trinajstić information content (AvgIpc) is 3.85. The first-order valence-corrected chi connectivity index (χ1v) is 23.9. The van der Waals surface area contributed by atoms with Gasteiger partial charge in [0.25, 0.3) is 0 Å². The number of aromatic nitrogens is 2. The molecule has 0 saturated heterocycles. The SMILES string of the molecule is CC(C)[C@H](NC(=O)[C@H](CCC(=O)O)NC(=O)[C@@H](NC(=O)[C@H](CCC(=O)O)NC(=O)[C@H](CCCN=C(N)N)NC(=O)[C@H](Cc1ccccc1)NC(=O)[C@H](Cc1cnc[nH]1)NC(=O)[C@@H](N)CCCCN)[C@@H](C)O)C(=O)O. The fourth-order valence-corrected chi connectivity index (χ4v) is 7.15. The van der Waals surface area contributed by atoms with Crippen LogP contribution in [0.2, 0.25) is 0 Å². The van der Waals surface area contributed by atoms with E-state index in [1.54, 1.807) is 30.3 Å². The summed E-state index contributed by atoms with van der Waals surface area (Å²) in [4.78, 5) is 143. The molecule has 1 heterocycles. The number of nitrogens with zero attached hydrogens (tertiary/aromatic N) is 2. The van der Waals surface area contributed by atoms with Gasteiger partial charge in [-0.1, -0.05) is 50.6 Å². The molecule has 0 bridgehead atoms. The summed E-state index contributed by atoms with van der Waals surface area (Å²) in [5, 5.41) is 56.1. The summed E-state index contributed by atoms with van der Waals surface area (Å²) in [5.41, 5.74) is 23.7. The first kappa shape index (κ1) is 62.4. The molecule has 0 aliphatic heterocycles. The van der Waals surface area contributed by atoms with Crippen molar-refractivity contribution in [1.82, 2.24) is 47.2 Å². The van der Waals surface area contributed by atoms with Crippen LogP contribution in [0.3, 0.4) is 0 Å². The summed E-state index contributed by atoms with van der Waals surface area (Å²) in [7, 11) is 0. The Bertz CT molecular complexity index is 2210. The molecule has 0 fully saturated rings. The van der Waals surface area contributed by atoms with Gasteiger partial charge in [-0.05, 0) is 63.5 Å². The monoisotopic (exact) mass is 1040 g/mol. The van der Waals surface area contributed by atoms with E-state index in [2.05, 4.69) is 52.2 Å². The Kier molecular flexibility index (Phi) is 27.3. The van der Waals surface area contributed by atoms with Gasteiger partial charge in [0, 0.05) is 44.1 Å². The molecule has 1 aromatic carbocycles. The van der Waals surface area contributed by atoms with Crippen molar-refractivity contribution in [3.63, 3.8) is 0 Å². The van der Waals surface area contributed by atoms with E-state index in [1.807, 2.05) is 0 Å². The highest BCUT2D eigenvalue weighted by atomic mass is 16.4. The minimum Gasteiger partial charge on any atom is -0.481 e.